The van der Waals surface area contributed by atoms with Gasteiger partial charge < -0.3 is 15.6 Å². The van der Waals surface area contributed by atoms with Gasteiger partial charge in [0, 0.05) is 0 Å². The molecule has 0 bridgehead atoms. The summed E-state index contributed by atoms with van der Waals surface area (Å²) in [6.45, 7) is 0. The van der Waals surface area contributed by atoms with Crippen molar-refractivity contribution < 1.29 is 15.6 Å². The zero-order valence-electron chi connectivity index (χ0n) is 4.62. The molecule has 0 fully saturated rings. The summed E-state index contributed by atoms with van der Waals surface area (Å²) in [4.78, 5) is 24.3. The minimum atomic E-state index is 0. The van der Waals surface area contributed by atoms with Crippen LogP contribution in [-0.2, 0) is 0 Å². The van der Waals surface area contributed by atoms with E-state index in [0.29, 0.717) is 0 Å². The molecular formula is H6AsN3O6. The van der Waals surface area contributed by atoms with E-state index in [-0.39, 0.29) is 18.0 Å². The van der Waals surface area contributed by atoms with E-state index in [0.717, 1.165) is 0 Å². The van der Waals surface area contributed by atoms with Crippen molar-refractivity contribution in [1.29, 1.82) is 0 Å². The number of hydrogen-bond donors (Lipinski definition) is 3. The maximum atomic E-state index is 8.11. The number of rotatable bonds is 0. The topological polar surface area (TPSA) is 149 Å². The summed E-state index contributed by atoms with van der Waals surface area (Å²) >= 11 is 0. The molecule has 0 radical (unpaired) electrons. The number of nitrogens with zero attached hydrogens (tertiary/aromatic N) is 3. The molecule has 0 aromatic heterocycles. The summed E-state index contributed by atoms with van der Waals surface area (Å²) in [5, 5.41) is 23.7. The standard InChI is InChI=1S/AsH3.3HNO2/c;3*2-1-3/h1H3;3*(H,2,3). The monoisotopic (exact) mass is 219 g/mol. The average molecular weight is 219 g/mol. The van der Waals surface area contributed by atoms with Crippen molar-refractivity contribution in [3.8, 4) is 0 Å². The van der Waals surface area contributed by atoms with Crippen LogP contribution in [0.15, 0.2) is 16.0 Å². The van der Waals surface area contributed by atoms with Gasteiger partial charge in [-0.2, -0.15) is 0 Å². The van der Waals surface area contributed by atoms with E-state index in [9.17, 15) is 0 Å². The van der Waals surface area contributed by atoms with Crippen LogP contribution in [0, 0.1) is 14.7 Å². The van der Waals surface area contributed by atoms with Gasteiger partial charge in [0.1, 0.15) is 0 Å². The van der Waals surface area contributed by atoms with Crippen molar-refractivity contribution in [1.82, 2.24) is 0 Å². The molecule has 0 aliphatic heterocycles. The van der Waals surface area contributed by atoms with Gasteiger partial charge in [0.05, 0.1) is 0 Å². The first-order valence-corrected chi connectivity index (χ1v) is 1.15. The summed E-state index contributed by atoms with van der Waals surface area (Å²) in [5.41, 5.74) is 0. The second kappa shape index (κ2) is 115. The first-order chi connectivity index (χ1) is 4.24. The molecule has 3 N–H and O–H groups in total. The van der Waals surface area contributed by atoms with E-state index >= 15 is 0 Å². The van der Waals surface area contributed by atoms with Gasteiger partial charge in [-0.3, -0.25) is 0 Å². The van der Waals surface area contributed by atoms with E-state index in [1.807, 2.05) is 0 Å². The summed E-state index contributed by atoms with van der Waals surface area (Å²) in [6.07, 6.45) is 0. The van der Waals surface area contributed by atoms with Crippen LogP contribution in [0.4, 0.5) is 0 Å². The molecule has 0 saturated heterocycles. The molecule has 10 heteroatoms. The Balaban J connectivity index is -0.0000000257. The van der Waals surface area contributed by atoms with Crippen molar-refractivity contribution in [2.24, 2.45) is 16.0 Å². The first-order valence-electron chi connectivity index (χ1n) is 1.15. The van der Waals surface area contributed by atoms with Crippen LogP contribution in [0.25, 0.3) is 0 Å². The fourth-order valence-electron chi connectivity index (χ4n) is 0. The Kier molecular flexibility index (Phi) is 267. The second-order valence-electron chi connectivity index (χ2n) is 0.245. The van der Waals surface area contributed by atoms with Gasteiger partial charge in [0.2, 0.25) is 0 Å². The zero-order chi connectivity index (χ0) is 8.12. The molecule has 62 valence electrons. The fourth-order valence-corrected chi connectivity index (χ4v) is 0. The SMILES string of the molecule is O=NO.O=NO.O=NO.[AsH3]. The molecule has 0 aliphatic carbocycles. The molecule has 0 saturated carbocycles. The molecule has 10 heavy (non-hydrogen) atoms. The van der Waals surface area contributed by atoms with Crippen molar-refractivity contribution in [2.75, 3.05) is 0 Å². The van der Waals surface area contributed by atoms with E-state index < -0.39 is 0 Å². The molecule has 0 aromatic rings. The van der Waals surface area contributed by atoms with Crippen molar-refractivity contribution >= 4 is 18.0 Å². The van der Waals surface area contributed by atoms with Gasteiger partial charge >= 0.3 is 18.0 Å². The van der Waals surface area contributed by atoms with Crippen LogP contribution < -0.4 is 0 Å². The predicted octanol–water partition coefficient (Wildman–Crippen LogP) is -0.758. The van der Waals surface area contributed by atoms with Crippen molar-refractivity contribution in [2.45, 2.75) is 0 Å². The molecule has 0 heterocycles. The summed E-state index contributed by atoms with van der Waals surface area (Å²) < 4.78 is 0. The quantitative estimate of drug-likeness (QED) is 0.277. The molecular weight excluding hydrogens is 213 g/mol. The first kappa shape index (κ1) is 23.3. The summed E-state index contributed by atoms with van der Waals surface area (Å²) in [5.74, 6) is 0. The Morgan fingerprint density at radius 3 is 0.700 bits per heavy atom. The average Bonchev–Trinajstić information content (AvgIpc) is 1.70. The third-order valence-corrected chi connectivity index (χ3v) is 0. The van der Waals surface area contributed by atoms with Gasteiger partial charge in [-0.15, -0.1) is 14.7 Å². The Bertz CT molecular complexity index is 49.7. The van der Waals surface area contributed by atoms with Gasteiger partial charge in [0.25, 0.3) is 0 Å². The molecule has 0 spiro atoms. The van der Waals surface area contributed by atoms with Gasteiger partial charge in [-0.1, -0.05) is 0 Å². The minimum absolute atomic E-state index is 0. The Morgan fingerprint density at radius 1 is 0.700 bits per heavy atom. The van der Waals surface area contributed by atoms with E-state index in [1.165, 1.54) is 16.0 Å². The van der Waals surface area contributed by atoms with E-state index in [4.69, 9.17) is 30.3 Å². The van der Waals surface area contributed by atoms with E-state index in [2.05, 4.69) is 0 Å². The van der Waals surface area contributed by atoms with E-state index in [1.54, 1.807) is 0 Å². The Hall–Kier alpha value is -1.24. The summed E-state index contributed by atoms with van der Waals surface area (Å²) in [6, 6.07) is 0. The Labute approximate surface area is 65.2 Å². The molecule has 0 amide bonds. The molecule has 1 atom stereocenters. The van der Waals surface area contributed by atoms with Crippen LogP contribution in [0.5, 0.6) is 0 Å². The second-order valence-corrected chi connectivity index (χ2v) is 0.245. The van der Waals surface area contributed by atoms with Crippen LogP contribution in [0.3, 0.4) is 0 Å². The third-order valence-electron chi connectivity index (χ3n) is 0. The number of hydrogen-bond acceptors (Lipinski definition) is 6. The molecule has 0 aliphatic rings. The van der Waals surface area contributed by atoms with Crippen LogP contribution in [-0.4, -0.2) is 33.6 Å². The molecule has 0 aromatic carbocycles. The zero-order valence-corrected chi connectivity index (χ0v) is 7.58. The van der Waals surface area contributed by atoms with Crippen molar-refractivity contribution in [3.05, 3.63) is 14.7 Å². The van der Waals surface area contributed by atoms with Gasteiger partial charge in [0.15, 0.2) is 16.0 Å². The molecule has 0 rings (SSSR count). The Morgan fingerprint density at radius 2 is 0.700 bits per heavy atom. The predicted molar refractivity (Wildman–Crippen MR) is 32.7 cm³/mol. The fraction of sp³-hybridized carbons (Fsp3) is 0. The van der Waals surface area contributed by atoms with Gasteiger partial charge in [-0.05, 0) is 0 Å². The van der Waals surface area contributed by atoms with Crippen molar-refractivity contribution in [3.63, 3.8) is 0 Å². The van der Waals surface area contributed by atoms with Crippen LogP contribution >= 0.6 is 0 Å². The molecule has 1 unspecified atom stereocenters. The van der Waals surface area contributed by atoms with Gasteiger partial charge in [-0.25, -0.2) is 0 Å². The third kappa shape index (κ3) is 145. The maximum absolute atomic E-state index is 8.11. The van der Waals surface area contributed by atoms with Crippen LogP contribution in [0.2, 0.25) is 0 Å². The molecule has 9 nitrogen and oxygen atoms in total. The normalized spacial score (nSPS) is 3.60. The summed E-state index contributed by atoms with van der Waals surface area (Å²) in [7, 11) is 0. The van der Waals surface area contributed by atoms with Crippen LogP contribution in [0.1, 0.15) is 0 Å².